The SMILES string of the molecule is Cc1cccc(C(=O)NC(C(=O)N(C)Cc2c(C)nn(-c3ccccc3)c2C)C(C)C)c1. The number of hydrogen-bond acceptors (Lipinski definition) is 3. The Kier molecular flexibility index (Phi) is 7.13. The Hall–Kier alpha value is -3.41. The van der Waals surface area contributed by atoms with Gasteiger partial charge in [-0.3, -0.25) is 9.59 Å². The van der Waals surface area contributed by atoms with Gasteiger partial charge < -0.3 is 10.2 Å². The molecule has 1 aromatic heterocycles. The van der Waals surface area contributed by atoms with E-state index in [4.69, 9.17) is 0 Å². The Morgan fingerprint density at radius 3 is 2.34 bits per heavy atom. The first-order valence-corrected chi connectivity index (χ1v) is 10.9. The van der Waals surface area contributed by atoms with Crippen molar-refractivity contribution in [3.63, 3.8) is 0 Å². The van der Waals surface area contributed by atoms with Crippen LogP contribution in [0.5, 0.6) is 0 Å². The van der Waals surface area contributed by atoms with Crippen LogP contribution in [-0.2, 0) is 11.3 Å². The highest BCUT2D eigenvalue weighted by Crippen LogP contribution is 2.20. The van der Waals surface area contributed by atoms with Crippen molar-refractivity contribution < 1.29 is 9.59 Å². The fourth-order valence-electron chi connectivity index (χ4n) is 3.80. The maximum absolute atomic E-state index is 13.3. The van der Waals surface area contributed by atoms with E-state index in [1.807, 2.05) is 87.8 Å². The second-order valence-corrected chi connectivity index (χ2v) is 8.66. The summed E-state index contributed by atoms with van der Waals surface area (Å²) in [6.45, 7) is 10.2. The summed E-state index contributed by atoms with van der Waals surface area (Å²) in [6, 6.07) is 16.7. The maximum Gasteiger partial charge on any atom is 0.251 e. The van der Waals surface area contributed by atoms with E-state index < -0.39 is 6.04 Å². The van der Waals surface area contributed by atoms with Crippen molar-refractivity contribution in [2.24, 2.45) is 5.92 Å². The Morgan fingerprint density at radius 2 is 1.72 bits per heavy atom. The lowest BCUT2D eigenvalue weighted by molar-refractivity contribution is -0.133. The molecule has 6 heteroatoms. The number of carbonyl (C=O) groups is 2. The number of carbonyl (C=O) groups excluding carboxylic acids is 2. The molecule has 168 valence electrons. The summed E-state index contributed by atoms with van der Waals surface area (Å²) >= 11 is 0. The number of aromatic nitrogens is 2. The third-order valence-electron chi connectivity index (χ3n) is 5.71. The predicted molar refractivity (Wildman–Crippen MR) is 127 cm³/mol. The van der Waals surface area contributed by atoms with Gasteiger partial charge in [-0.1, -0.05) is 49.7 Å². The molecule has 0 saturated carbocycles. The number of amides is 2. The van der Waals surface area contributed by atoms with Crippen molar-refractivity contribution in [3.05, 3.63) is 82.7 Å². The van der Waals surface area contributed by atoms with E-state index in [1.165, 1.54) is 0 Å². The minimum Gasteiger partial charge on any atom is -0.340 e. The van der Waals surface area contributed by atoms with Gasteiger partial charge in [0.25, 0.3) is 5.91 Å². The van der Waals surface area contributed by atoms with E-state index in [0.717, 1.165) is 28.2 Å². The first-order chi connectivity index (χ1) is 15.2. The predicted octanol–water partition coefficient (Wildman–Crippen LogP) is 4.21. The zero-order valence-corrected chi connectivity index (χ0v) is 19.7. The standard InChI is InChI=1S/C26H32N4O2/c1-17(2)24(27-25(31)21-12-10-11-18(3)15-21)26(32)29(6)16-23-19(4)28-30(20(23)5)22-13-8-7-9-14-22/h7-15,17,24H,16H2,1-6H3,(H,27,31). The molecule has 0 radical (unpaired) electrons. The fraction of sp³-hybridized carbons (Fsp3) is 0.346. The van der Waals surface area contributed by atoms with Crippen LogP contribution in [0.25, 0.3) is 5.69 Å². The average molecular weight is 433 g/mol. The van der Waals surface area contributed by atoms with E-state index >= 15 is 0 Å². The number of aryl methyl sites for hydroxylation is 2. The van der Waals surface area contributed by atoms with Crippen molar-refractivity contribution in [1.29, 1.82) is 0 Å². The Balaban J connectivity index is 1.77. The number of nitrogens with one attached hydrogen (secondary N) is 1. The number of hydrogen-bond donors (Lipinski definition) is 1. The minimum atomic E-state index is -0.613. The number of nitrogens with zero attached hydrogens (tertiary/aromatic N) is 3. The summed E-state index contributed by atoms with van der Waals surface area (Å²) in [5, 5.41) is 7.61. The Bertz CT molecular complexity index is 1100. The van der Waals surface area contributed by atoms with E-state index in [9.17, 15) is 9.59 Å². The molecule has 0 fully saturated rings. The fourth-order valence-corrected chi connectivity index (χ4v) is 3.80. The van der Waals surface area contributed by atoms with Gasteiger partial charge in [0.1, 0.15) is 6.04 Å². The Labute approximate surface area is 190 Å². The largest absolute Gasteiger partial charge is 0.340 e. The van der Waals surface area contributed by atoms with Crippen molar-refractivity contribution in [3.8, 4) is 5.69 Å². The van der Waals surface area contributed by atoms with Crippen LogP contribution in [-0.4, -0.2) is 39.6 Å². The molecule has 0 aliphatic heterocycles. The zero-order chi connectivity index (χ0) is 23.4. The highest BCUT2D eigenvalue weighted by atomic mass is 16.2. The number of likely N-dealkylation sites (N-methyl/N-ethyl adjacent to an activating group) is 1. The monoisotopic (exact) mass is 432 g/mol. The lowest BCUT2D eigenvalue weighted by atomic mass is 10.0. The Morgan fingerprint density at radius 1 is 1.03 bits per heavy atom. The smallest absolute Gasteiger partial charge is 0.251 e. The lowest BCUT2D eigenvalue weighted by Crippen LogP contribution is -2.50. The molecule has 1 N–H and O–H groups in total. The molecule has 0 saturated heterocycles. The van der Waals surface area contributed by atoms with Crippen LogP contribution in [0.15, 0.2) is 54.6 Å². The summed E-state index contributed by atoms with van der Waals surface area (Å²) in [7, 11) is 1.77. The van der Waals surface area contributed by atoms with Gasteiger partial charge in [0.05, 0.1) is 11.4 Å². The quantitative estimate of drug-likeness (QED) is 0.608. The van der Waals surface area contributed by atoms with Gasteiger partial charge in [0, 0.05) is 30.4 Å². The molecule has 1 heterocycles. The van der Waals surface area contributed by atoms with Gasteiger partial charge >= 0.3 is 0 Å². The first kappa shape index (κ1) is 23.3. The van der Waals surface area contributed by atoms with Gasteiger partial charge in [-0.2, -0.15) is 5.10 Å². The lowest BCUT2D eigenvalue weighted by Gasteiger charge is -2.27. The molecule has 0 bridgehead atoms. The van der Waals surface area contributed by atoms with Crippen molar-refractivity contribution >= 4 is 11.8 Å². The van der Waals surface area contributed by atoms with Gasteiger partial charge in [-0.05, 0) is 51.0 Å². The zero-order valence-electron chi connectivity index (χ0n) is 19.7. The van der Waals surface area contributed by atoms with Crippen LogP contribution < -0.4 is 5.32 Å². The second-order valence-electron chi connectivity index (χ2n) is 8.66. The summed E-state index contributed by atoms with van der Waals surface area (Å²) in [4.78, 5) is 27.8. The van der Waals surface area contributed by atoms with Crippen LogP contribution in [0.3, 0.4) is 0 Å². The summed E-state index contributed by atoms with van der Waals surface area (Å²) < 4.78 is 1.91. The highest BCUT2D eigenvalue weighted by Gasteiger charge is 2.28. The molecular weight excluding hydrogens is 400 g/mol. The van der Waals surface area contributed by atoms with Crippen LogP contribution in [0, 0.1) is 26.7 Å². The molecule has 1 atom stereocenters. The molecule has 3 rings (SSSR count). The first-order valence-electron chi connectivity index (χ1n) is 10.9. The molecular formula is C26H32N4O2. The van der Waals surface area contributed by atoms with Crippen LogP contribution in [0.4, 0.5) is 0 Å². The van der Waals surface area contributed by atoms with Gasteiger partial charge in [-0.25, -0.2) is 4.68 Å². The third-order valence-corrected chi connectivity index (χ3v) is 5.71. The normalized spacial score (nSPS) is 12.0. The van der Waals surface area contributed by atoms with E-state index in [2.05, 4.69) is 10.4 Å². The van der Waals surface area contributed by atoms with Gasteiger partial charge in [0.2, 0.25) is 5.91 Å². The van der Waals surface area contributed by atoms with Crippen molar-refractivity contribution in [2.75, 3.05) is 7.05 Å². The molecule has 2 amide bonds. The topological polar surface area (TPSA) is 67.2 Å². The van der Waals surface area contributed by atoms with E-state index in [1.54, 1.807) is 18.0 Å². The van der Waals surface area contributed by atoms with Gasteiger partial charge in [0.15, 0.2) is 0 Å². The average Bonchev–Trinajstić information content (AvgIpc) is 3.05. The molecule has 2 aromatic carbocycles. The number of benzene rings is 2. The summed E-state index contributed by atoms with van der Waals surface area (Å²) in [6.07, 6.45) is 0. The van der Waals surface area contributed by atoms with E-state index in [-0.39, 0.29) is 17.7 Å². The second kappa shape index (κ2) is 9.81. The maximum atomic E-state index is 13.3. The van der Waals surface area contributed by atoms with Gasteiger partial charge in [-0.15, -0.1) is 0 Å². The minimum absolute atomic E-state index is 0.0482. The summed E-state index contributed by atoms with van der Waals surface area (Å²) in [5.74, 6) is -0.404. The van der Waals surface area contributed by atoms with Crippen LogP contribution in [0.2, 0.25) is 0 Å². The molecule has 0 aliphatic rings. The molecule has 1 unspecified atom stereocenters. The van der Waals surface area contributed by atoms with E-state index in [0.29, 0.717) is 12.1 Å². The van der Waals surface area contributed by atoms with Crippen molar-refractivity contribution in [1.82, 2.24) is 20.0 Å². The van der Waals surface area contributed by atoms with Crippen LogP contribution >= 0.6 is 0 Å². The number of rotatable bonds is 7. The summed E-state index contributed by atoms with van der Waals surface area (Å²) in [5.41, 5.74) is 5.44. The third kappa shape index (κ3) is 5.07. The molecule has 6 nitrogen and oxygen atoms in total. The van der Waals surface area contributed by atoms with Crippen LogP contribution in [0.1, 0.15) is 46.7 Å². The highest BCUT2D eigenvalue weighted by molar-refractivity contribution is 5.97. The molecule has 0 aliphatic carbocycles. The van der Waals surface area contributed by atoms with Crippen molar-refractivity contribution in [2.45, 2.75) is 47.2 Å². The molecule has 3 aromatic rings. The molecule has 0 spiro atoms. The molecule has 32 heavy (non-hydrogen) atoms. The number of para-hydroxylation sites is 1.